The van der Waals surface area contributed by atoms with Crippen LogP contribution in [0.5, 0.6) is 0 Å². The molecule has 29 heavy (non-hydrogen) atoms. The number of ether oxygens (including phenoxy) is 1. The molecule has 0 unspecified atom stereocenters. The number of carbonyl (C=O) groups is 1. The molecule has 0 bridgehead atoms. The highest BCUT2D eigenvalue weighted by molar-refractivity contribution is 7.89. The van der Waals surface area contributed by atoms with Crippen molar-refractivity contribution in [2.24, 2.45) is 5.10 Å². The number of piperidine rings is 1. The molecular weight excluding hydrogens is 390 g/mol. The maximum absolute atomic E-state index is 12.4. The quantitative estimate of drug-likeness (QED) is 0.758. The lowest BCUT2D eigenvalue weighted by Gasteiger charge is -2.33. The molecule has 154 valence electrons. The Bertz CT molecular complexity index is 973. The SMILES string of the molecule is Cc1ccc(S(=O)(=O)N/N=C2/CCN(C(=O)OCc3ccccc3)[C@@H](C)C2)cc1. The molecule has 0 spiro atoms. The summed E-state index contributed by atoms with van der Waals surface area (Å²) >= 11 is 0. The minimum Gasteiger partial charge on any atom is -0.445 e. The molecule has 1 fully saturated rings. The van der Waals surface area contributed by atoms with Crippen molar-refractivity contribution in [3.8, 4) is 0 Å². The van der Waals surface area contributed by atoms with Crippen molar-refractivity contribution in [2.75, 3.05) is 6.54 Å². The molecule has 1 atom stereocenters. The Morgan fingerprint density at radius 2 is 1.86 bits per heavy atom. The number of hydrogen-bond acceptors (Lipinski definition) is 5. The highest BCUT2D eigenvalue weighted by Gasteiger charge is 2.28. The maximum atomic E-state index is 12.4. The van der Waals surface area contributed by atoms with Crippen LogP contribution in [0.4, 0.5) is 4.79 Å². The van der Waals surface area contributed by atoms with Crippen molar-refractivity contribution in [2.45, 2.75) is 44.2 Å². The number of nitrogens with zero attached hydrogens (tertiary/aromatic N) is 2. The Kier molecular flexibility index (Phi) is 6.53. The van der Waals surface area contributed by atoms with Crippen molar-refractivity contribution in [3.05, 3.63) is 65.7 Å². The molecule has 1 aliphatic heterocycles. The Labute approximate surface area is 171 Å². The molecule has 0 radical (unpaired) electrons. The number of sulfonamides is 1. The van der Waals surface area contributed by atoms with Crippen molar-refractivity contribution < 1.29 is 17.9 Å². The normalized spacial score (nSPS) is 18.5. The molecule has 1 N–H and O–H groups in total. The molecule has 2 aromatic carbocycles. The molecule has 7 nitrogen and oxygen atoms in total. The van der Waals surface area contributed by atoms with Crippen LogP contribution in [0.1, 0.15) is 30.9 Å². The summed E-state index contributed by atoms with van der Waals surface area (Å²) in [6.45, 7) is 4.44. The van der Waals surface area contributed by atoms with Gasteiger partial charge in [-0.25, -0.2) is 9.63 Å². The van der Waals surface area contributed by atoms with Crippen LogP contribution in [0.25, 0.3) is 0 Å². The van der Waals surface area contributed by atoms with Gasteiger partial charge in [0.05, 0.1) is 4.90 Å². The molecule has 0 aromatic heterocycles. The predicted molar refractivity (Wildman–Crippen MR) is 111 cm³/mol. The van der Waals surface area contributed by atoms with Gasteiger partial charge in [0.15, 0.2) is 0 Å². The summed E-state index contributed by atoms with van der Waals surface area (Å²) in [5.74, 6) is 0. The number of hydrogen-bond donors (Lipinski definition) is 1. The minimum atomic E-state index is -3.71. The van der Waals surface area contributed by atoms with E-state index in [0.717, 1.165) is 11.1 Å². The number of carbonyl (C=O) groups excluding carboxylic acids is 1. The lowest BCUT2D eigenvalue weighted by molar-refractivity contribution is 0.0822. The Morgan fingerprint density at radius 3 is 2.52 bits per heavy atom. The second-order valence-electron chi connectivity index (χ2n) is 7.12. The first-order valence-electron chi connectivity index (χ1n) is 9.46. The fraction of sp³-hybridized carbons (Fsp3) is 0.333. The summed E-state index contributed by atoms with van der Waals surface area (Å²) in [6, 6.07) is 15.9. The van der Waals surface area contributed by atoms with Crippen molar-refractivity contribution >= 4 is 21.8 Å². The zero-order chi connectivity index (χ0) is 20.9. The fourth-order valence-corrected chi connectivity index (χ4v) is 3.94. The van der Waals surface area contributed by atoms with Crippen LogP contribution in [-0.2, 0) is 21.4 Å². The van der Waals surface area contributed by atoms with Crippen LogP contribution in [0.2, 0.25) is 0 Å². The summed E-state index contributed by atoms with van der Waals surface area (Å²) in [7, 11) is -3.71. The first kappa shape index (κ1) is 20.9. The fourth-order valence-electron chi connectivity index (χ4n) is 3.09. The van der Waals surface area contributed by atoms with Gasteiger partial charge < -0.3 is 9.64 Å². The maximum Gasteiger partial charge on any atom is 0.410 e. The molecule has 1 saturated heterocycles. The average Bonchev–Trinajstić information content (AvgIpc) is 2.72. The van der Waals surface area contributed by atoms with Gasteiger partial charge in [-0.2, -0.15) is 13.5 Å². The van der Waals surface area contributed by atoms with Crippen LogP contribution in [0, 0.1) is 6.92 Å². The highest BCUT2D eigenvalue weighted by Crippen LogP contribution is 2.17. The van der Waals surface area contributed by atoms with Crippen LogP contribution in [-0.4, -0.2) is 37.7 Å². The van der Waals surface area contributed by atoms with Crippen molar-refractivity contribution in [3.63, 3.8) is 0 Å². The second kappa shape index (κ2) is 9.09. The zero-order valence-corrected chi connectivity index (χ0v) is 17.4. The molecule has 1 aliphatic rings. The standard InChI is InChI=1S/C21H25N3O4S/c1-16-8-10-20(11-9-16)29(26,27)23-22-19-12-13-24(17(2)14-19)21(25)28-15-18-6-4-3-5-7-18/h3-11,17,23H,12-15H2,1-2H3/b22-19-/t17-/m0/s1. The van der Waals surface area contributed by atoms with Crippen LogP contribution < -0.4 is 4.83 Å². The third kappa shape index (κ3) is 5.57. The van der Waals surface area contributed by atoms with E-state index >= 15 is 0 Å². The molecular formula is C21H25N3O4S. The number of likely N-dealkylation sites (tertiary alicyclic amines) is 1. The van der Waals surface area contributed by atoms with E-state index < -0.39 is 10.0 Å². The summed E-state index contributed by atoms with van der Waals surface area (Å²) < 4.78 is 30.1. The molecule has 0 aliphatic carbocycles. The van der Waals surface area contributed by atoms with Gasteiger partial charge in [0.2, 0.25) is 0 Å². The number of nitrogens with one attached hydrogen (secondary N) is 1. The minimum absolute atomic E-state index is 0.130. The van der Waals surface area contributed by atoms with Gasteiger partial charge in [0.1, 0.15) is 6.61 Å². The van der Waals surface area contributed by atoms with Gasteiger partial charge >= 0.3 is 6.09 Å². The van der Waals surface area contributed by atoms with Gasteiger partial charge in [-0.05, 0) is 31.5 Å². The highest BCUT2D eigenvalue weighted by atomic mass is 32.2. The van der Waals surface area contributed by atoms with Gasteiger partial charge in [0.25, 0.3) is 10.0 Å². The Balaban J connectivity index is 1.55. The Hall–Kier alpha value is -2.87. The van der Waals surface area contributed by atoms with Crippen molar-refractivity contribution in [1.29, 1.82) is 0 Å². The Morgan fingerprint density at radius 1 is 1.17 bits per heavy atom. The summed E-state index contributed by atoms with van der Waals surface area (Å²) in [4.78, 5) is 16.5. The lowest BCUT2D eigenvalue weighted by atomic mass is 10.0. The molecule has 1 heterocycles. The van der Waals surface area contributed by atoms with E-state index in [1.54, 1.807) is 29.2 Å². The van der Waals surface area contributed by atoms with Gasteiger partial charge in [-0.1, -0.05) is 48.0 Å². The molecule has 2 aromatic rings. The van der Waals surface area contributed by atoms with Crippen LogP contribution in [0.3, 0.4) is 0 Å². The smallest absolute Gasteiger partial charge is 0.410 e. The van der Waals surface area contributed by atoms with Crippen molar-refractivity contribution in [1.82, 2.24) is 9.73 Å². The number of aryl methyl sites for hydroxylation is 1. The first-order valence-corrected chi connectivity index (χ1v) is 10.9. The van der Waals surface area contributed by atoms with E-state index in [0.29, 0.717) is 25.1 Å². The first-order chi connectivity index (χ1) is 13.8. The molecule has 0 saturated carbocycles. The van der Waals surface area contributed by atoms with E-state index in [2.05, 4.69) is 9.93 Å². The third-order valence-electron chi connectivity index (χ3n) is 4.80. The summed E-state index contributed by atoms with van der Waals surface area (Å²) in [5.41, 5.74) is 2.62. The number of amides is 1. The number of hydrazone groups is 1. The van der Waals surface area contributed by atoms with E-state index in [1.165, 1.54) is 0 Å². The van der Waals surface area contributed by atoms with E-state index in [1.807, 2.05) is 44.2 Å². The van der Waals surface area contributed by atoms with Gasteiger partial charge in [-0.15, -0.1) is 0 Å². The van der Waals surface area contributed by atoms with Crippen LogP contribution >= 0.6 is 0 Å². The topological polar surface area (TPSA) is 88.1 Å². The van der Waals surface area contributed by atoms with E-state index in [-0.39, 0.29) is 23.6 Å². The number of benzene rings is 2. The average molecular weight is 416 g/mol. The second-order valence-corrected chi connectivity index (χ2v) is 8.78. The molecule has 3 rings (SSSR count). The third-order valence-corrected chi connectivity index (χ3v) is 6.02. The predicted octanol–water partition coefficient (Wildman–Crippen LogP) is 3.45. The van der Waals surface area contributed by atoms with E-state index in [4.69, 9.17) is 4.74 Å². The lowest BCUT2D eigenvalue weighted by Crippen LogP contribution is -2.45. The molecule has 1 amide bonds. The van der Waals surface area contributed by atoms with Crippen LogP contribution in [0.15, 0.2) is 64.6 Å². The summed E-state index contributed by atoms with van der Waals surface area (Å²) in [5, 5.41) is 4.09. The monoisotopic (exact) mass is 415 g/mol. The van der Waals surface area contributed by atoms with E-state index in [9.17, 15) is 13.2 Å². The summed E-state index contributed by atoms with van der Waals surface area (Å²) in [6.07, 6.45) is 0.596. The molecule has 8 heteroatoms. The van der Waals surface area contributed by atoms with Gasteiger partial charge in [-0.3, -0.25) is 0 Å². The zero-order valence-electron chi connectivity index (χ0n) is 16.5. The van der Waals surface area contributed by atoms with Gasteiger partial charge in [0, 0.05) is 31.1 Å². The largest absolute Gasteiger partial charge is 0.445 e. The number of rotatable bonds is 5.